The number of anilines is 1. The van der Waals surface area contributed by atoms with E-state index in [1.54, 1.807) is 39.5 Å². The summed E-state index contributed by atoms with van der Waals surface area (Å²) in [4.78, 5) is 12.3. The van der Waals surface area contributed by atoms with Gasteiger partial charge in [-0.05, 0) is 0 Å². The van der Waals surface area contributed by atoms with Crippen LogP contribution in [0, 0.1) is 0 Å². The van der Waals surface area contributed by atoms with Crippen LogP contribution in [0.2, 0.25) is 0 Å². The van der Waals surface area contributed by atoms with Gasteiger partial charge in [0.15, 0.2) is 0 Å². The molecular weight excluding hydrogens is 196 g/mol. The third-order valence-electron chi connectivity index (χ3n) is 2.05. The molecule has 0 unspecified atom stereocenters. The molecule has 1 rings (SSSR count). The first-order chi connectivity index (χ1) is 7.08. The lowest BCUT2D eigenvalue weighted by molar-refractivity contribution is 0.255. The van der Waals surface area contributed by atoms with Gasteiger partial charge in [-0.3, -0.25) is 4.90 Å². The zero-order valence-electron chi connectivity index (χ0n) is 8.98. The molecule has 0 aliphatic carbocycles. The Morgan fingerprint density at radius 2 is 1.67 bits per heavy atom. The van der Waals surface area contributed by atoms with Crippen molar-refractivity contribution in [3.63, 3.8) is 0 Å². The lowest BCUT2D eigenvalue weighted by atomic mass is 10.2. The van der Waals surface area contributed by atoms with Crippen molar-refractivity contribution in [2.45, 2.75) is 0 Å². The van der Waals surface area contributed by atoms with E-state index in [2.05, 4.69) is 0 Å². The van der Waals surface area contributed by atoms with Gasteiger partial charge in [0.2, 0.25) is 0 Å². The summed E-state index contributed by atoms with van der Waals surface area (Å²) in [5.41, 5.74) is 5.78. The van der Waals surface area contributed by atoms with Crippen LogP contribution in [0.1, 0.15) is 0 Å². The average molecular weight is 210 g/mol. The molecule has 1 aromatic rings. The highest BCUT2D eigenvalue weighted by Gasteiger charge is 2.09. The Balaban J connectivity index is 3.11. The lowest BCUT2D eigenvalue weighted by Gasteiger charge is -2.16. The second-order valence-corrected chi connectivity index (χ2v) is 2.97. The summed E-state index contributed by atoms with van der Waals surface area (Å²) >= 11 is 0. The summed E-state index contributed by atoms with van der Waals surface area (Å²) in [7, 11) is 4.67. The Kier molecular flexibility index (Phi) is 3.38. The van der Waals surface area contributed by atoms with Crippen LogP contribution in [0.4, 0.5) is 10.5 Å². The molecule has 1 aromatic carbocycles. The molecule has 0 saturated heterocycles. The van der Waals surface area contributed by atoms with E-state index in [0.29, 0.717) is 17.2 Å². The number of hydrogen-bond acceptors (Lipinski definition) is 3. The maximum Gasteiger partial charge on any atom is 0.318 e. The third-order valence-corrected chi connectivity index (χ3v) is 2.05. The van der Waals surface area contributed by atoms with Crippen molar-refractivity contribution in [3.05, 3.63) is 18.2 Å². The molecule has 0 radical (unpaired) electrons. The summed E-state index contributed by atoms with van der Waals surface area (Å²) in [5, 5.41) is 0. The lowest BCUT2D eigenvalue weighted by Crippen LogP contribution is -2.31. The number of nitrogens with two attached hydrogens (primary N) is 1. The first-order valence-corrected chi connectivity index (χ1v) is 4.34. The molecule has 82 valence electrons. The predicted octanol–water partition coefficient (Wildman–Crippen LogP) is 1.22. The molecule has 0 bridgehead atoms. The number of amides is 2. The molecule has 2 amide bonds. The summed E-state index contributed by atoms with van der Waals surface area (Å²) in [6, 6.07) is 4.59. The van der Waals surface area contributed by atoms with Crippen LogP contribution in [-0.2, 0) is 0 Å². The SMILES string of the molecule is COc1cc(OC)cc(N(C)C(N)=O)c1. The molecule has 0 aromatic heterocycles. The molecule has 0 atom stereocenters. The van der Waals surface area contributed by atoms with Crippen molar-refractivity contribution in [2.24, 2.45) is 5.73 Å². The fourth-order valence-corrected chi connectivity index (χ4v) is 1.11. The van der Waals surface area contributed by atoms with Crippen LogP contribution in [0.5, 0.6) is 11.5 Å². The van der Waals surface area contributed by atoms with E-state index in [9.17, 15) is 4.79 Å². The highest BCUT2D eigenvalue weighted by Crippen LogP contribution is 2.27. The zero-order valence-corrected chi connectivity index (χ0v) is 8.98. The topological polar surface area (TPSA) is 64.8 Å². The van der Waals surface area contributed by atoms with Gasteiger partial charge in [0.05, 0.1) is 19.9 Å². The number of ether oxygens (including phenoxy) is 2. The minimum Gasteiger partial charge on any atom is -0.497 e. The van der Waals surface area contributed by atoms with Crippen LogP contribution in [0.25, 0.3) is 0 Å². The fraction of sp³-hybridized carbons (Fsp3) is 0.300. The number of carbonyl (C=O) groups excluding carboxylic acids is 1. The van der Waals surface area contributed by atoms with E-state index in [1.807, 2.05) is 0 Å². The van der Waals surface area contributed by atoms with E-state index in [1.165, 1.54) is 4.90 Å². The fourth-order valence-electron chi connectivity index (χ4n) is 1.11. The van der Waals surface area contributed by atoms with Crippen molar-refractivity contribution >= 4 is 11.7 Å². The quantitative estimate of drug-likeness (QED) is 0.815. The summed E-state index contributed by atoms with van der Waals surface area (Å²) < 4.78 is 10.1. The van der Waals surface area contributed by atoms with Gasteiger partial charge in [0.1, 0.15) is 11.5 Å². The minimum absolute atomic E-state index is 0.537. The van der Waals surface area contributed by atoms with Crippen LogP contribution in [0.15, 0.2) is 18.2 Å². The van der Waals surface area contributed by atoms with Gasteiger partial charge in [0.25, 0.3) is 0 Å². The Bertz CT molecular complexity index is 343. The van der Waals surface area contributed by atoms with Crippen molar-refractivity contribution in [1.29, 1.82) is 0 Å². The van der Waals surface area contributed by atoms with E-state index in [4.69, 9.17) is 15.2 Å². The van der Waals surface area contributed by atoms with E-state index in [-0.39, 0.29) is 0 Å². The Hall–Kier alpha value is -1.91. The highest BCUT2D eigenvalue weighted by molar-refractivity contribution is 5.90. The minimum atomic E-state index is -0.537. The van der Waals surface area contributed by atoms with Gasteiger partial charge < -0.3 is 15.2 Å². The van der Waals surface area contributed by atoms with Gasteiger partial charge in [-0.25, -0.2) is 4.79 Å². The largest absolute Gasteiger partial charge is 0.497 e. The predicted molar refractivity (Wildman–Crippen MR) is 57.5 cm³/mol. The number of urea groups is 1. The maximum absolute atomic E-state index is 11.0. The van der Waals surface area contributed by atoms with Crippen LogP contribution in [0.3, 0.4) is 0 Å². The molecule has 0 spiro atoms. The number of carbonyl (C=O) groups is 1. The first-order valence-electron chi connectivity index (χ1n) is 4.34. The van der Waals surface area contributed by atoms with Gasteiger partial charge in [-0.15, -0.1) is 0 Å². The molecule has 0 fully saturated rings. The molecule has 2 N–H and O–H groups in total. The van der Waals surface area contributed by atoms with Crippen LogP contribution >= 0.6 is 0 Å². The Labute approximate surface area is 88.4 Å². The van der Waals surface area contributed by atoms with Crippen molar-refractivity contribution in [3.8, 4) is 11.5 Å². The van der Waals surface area contributed by atoms with Gasteiger partial charge in [-0.2, -0.15) is 0 Å². The number of rotatable bonds is 3. The summed E-state index contributed by atoms with van der Waals surface area (Å²) in [6.45, 7) is 0. The monoisotopic (exact) mass is 210 g/mol. The molecular formula is C10H14N2O3. The first kappa shape index (κ1) is 11.2. The van der Waals surface area contributed by atoms with E-state index < -0.39 is 6.03 Å². The molecule has 5 nitrogen and oxygen atoms in total. The van der Waals surface area contributed by atoms with Gasteiger partial charge >= 0.3 is 6.03 Å². The molecule has 5 heteroatoms. The normalized spacial score (nSPS) is 9.53. The third kappa shape index (κ3) is 2.52. The standard InChI is InChI=1S/C10H14N2O3/c1-12(10(11)13)7-4-8(14-2)6-9(5-7)15-3/h4-6H,1-3H3,(H2,11,13). The smallest absolute Gasteiger partial charge is 0.318 e. The summed E-state index contributed by atoms with van der Waals surface area (Å²) in [6.07, 6.45) is 0. The Morgan fingerprint density at radius 3 is 2.00 bits per heavy atom. The number of nitrogens with zero attached hydrogens (tertiary/aromatic N) is 1. The molecule has 0 saturated carbocycles. The second-order valence-electron chi connectivity index (χ2n) is 2.97. The number of primary amides is 1. The zero-order chi connectivity index (χ0) is 11.4. The van der Waals surface area contributed by atoms with Gasteiger partial charge in [0, 0.05) is 25.2 Å². The van der Waals surface area contributed by atoms with Crippen molar-refractivity contribution in [2.75, 3.05) is 26.2 Å². The van der Waals surface area contributed by atoms with Crippen LogP contribution in [-0.4, -0.2) is 27.3 Å². The van der Waals surface area contributed by atoms with Crippen molar-refractivity contribution in [1.82, 2.24) is 0 Å². The molecule has 0 heterocycles. The molecule has 0 aliphatic rings. The highest BCUT2D eigenvalue weighted by atomic mass is 16.5. The maximum atomic E-state index is 11.0. The second kappa shape index (κ2) is 4.54. The number of methoxy groups -OCH3 is 2. The van der Waals surface area contributed by atoms with Crippen LogP contribution < -0.4 is 20.1 Å². The average Bonchev–Trinajstić information content (AvgIpc) is 2.27. The number of benzene rings is 1. The van der Waals surface area contributed by atoms with E-state index >= 15 is 0 Å². The van der Waals surface area contributed by atoms with Crippen molar-refractivity contribution < 1.29 is 14.3 Å². The van der Waals surface area contributed by atoms with E-state index in [0.717, 1.165) is 0 Å². The molecule has 0 aliphatic heterocycles. The number of hydrogen-bond donors (Lipinski definition) is 1. The Morgan fingerprint density at radius 1 is 1.20 bits per heavy atom. The molecule has 15 heavy (non-hydrogen) atoms. The van der Waals surface area contributed by atoms with Gasteiger partial charge in [-0.1, -0.05) is 0 Å². The summed E-state index contributed by atoms with van der Waals surface area (Å²) in [5.74, 6) is 1.22.